The standard InChI is InChI=1S/C16H27NO/c1-14(2)7-6-12-18-13-16-9-5-4-8-15(16)10-11-17-3/h4-5,8-9,14,17H,6-7,10-13H2,1-3H3. The van der Waals surface area contributed by atoms with Gasteiger partial charge in [-0.05, 0) is 49.9 Å². The monoisotopic (exact) mass is 249 g/mol. The van der Waals surface area contributed by atoms with E-state index in [1.54, 1.807) is 0 Å². The van der Waals surface area contributed by atoms with Crippen LogP contribution in [0, 0.1) is 5.92 Å². The molecule has 0 aliphatic rings. The molecule has 0 fully saturated rings. The molecule has 1 N–H and O–H groups in total. The first-order valence-electron chi connectivity index (χ1n) is 7.03. The average Bonchev–Trinajstić information content (AvgIpc) is 2.36. The second-order valence-corrected chi connectivity index (χ2v) is 5.21. The number of hydrogen-bond donors (Lipinski definition) is 1. The van der Waals surface area contributed by atoms with Crippen LogP contribution in [0.2, 0.25) is 0 Å². The topological polar surface area (TPSA) is 21.3 Å². The van der Waals surface area contributed by atoms with Gasteiger partial charge in [0.05, 0.1) is 6.61 Å². The van der Waals surface area contributed by atoms with Gasteiger partial charge in [-0.2, -0.15) is 0 Å². The average molecular weight is 249 g/mol. The summed E-state index contributed by atoms with van der Waals surface area (Å²) in [5.74, 6) is 0.775. The Bertz CT molecular complexity index is 323. The fourth-order valence-electron chi connectivity index (χ4n) is 1.98. The summed E-state index contributed by atoms with van der Waals surface area (Å²) in [4.78, 5) is 0. The zero-order chi connectivity index (χ0) is 13.2. The van der Waals surface area contributed by atoms with E-state index in [9.17, 15) is 0 Å². The van der Waals surface area contributed by atoms with Gasteiger partial charge in [0.1, 0.15) is 0 Å². The molecule has 0 aliphatic carbocycles. The Hall–Kier alpha value is -0.860. The van der Waals surface area contributed by atoms with E-state index in [-0.39, 0.29) is 0 Å². The van der Waals surface area contributed by atoms with E-state index in [2.05, 4.69) is 43.4 Å². The van der Waals surface area contributed by atoms with Crippen molar-refractivity contribution >= 4 is 0 Å². The van der Waals surface area contributed by atoms with Crippen molar-refractivity contribution in [3.8, 4) is 0 Å². The van der Waals surface area contributed by atoms with Crippen LogP contribution in [0.15, 0.2) is 24.3 Å². The third-order valence-electron chi connectivity index (χ3n) is 3.09. The highest BCUT2D eigenvalue weighted by molar-refractivity contribution is 5.26. The Kier molecular flexibility index (Phi) is 7.70. The van der Waals surface area contributed by atoms with Gasteiger partial charge in [-0.25, -0.2) is 0 Å². The molecule has 2 nitrogen and oxygen atoms in total. The Morgan fingerprint density at radius 2 is 1.89 bits per heavy atom. The molecule has 0 heterocycles. The summed E-state index contributed by atoms with van der Waals surface area (Å²) in [6.07, 6.45) is 3.49. The third kappa shape index (κ3) is 6.18. The van der Waals surface area contributed by atoms with Crippen LogP contribution >= 0.6 is 0 Å². The van der Waals surface area contributed by atoms with Crippen molar-refractivity contribution in [3.05, 3.63) is 35.4 Å². The minimum atomic E-state index is 0.748. The van der Waals surface area contributed by atoms with Crippen molar-refractivity contribution in [2.75, 3.05) is 20.2 Å². The molecule has 0 unspecified atom stereocenters. The minimum Gasteiger partial charge on any atom is -0.377 e. The molecule has 0 saturated carbocycles. The Morgan fingerprint density at radius 1 is 1.17 bits per heavy atom. The minimum absolute atomic E-state index is 0.748. The van der Waals surface area contributed by atoms with Crippen LogP contribution in [0.3, 0.4) is 0 Å². The van der Waals surface area contributed by atoms with Crippen molar-refractivity contribution in [1.29, 1.82) is 0 Å². The predicted octanol–water partition coefficient (Wildman–Crippen LogP) is 3.40. The summed E-state index contributed by atoms with van der Waals surface area (Å²) in [6, 6.07) is 8.57. The summed E-state index contributed by atoms with van der Waals surface area (Å²) in [5, 5.41) is 3.19. The van der Waals surface area contributed by atoms with E-state index in [1.807, 2.05) is 7.05 Å². The van der Waals surface area contributed by atoms with Crippen LogP contribution < -0.4 is 5.32 Å². The summed E-state index contributed by atoms with van der Waals surface area (Å²) in [7, 11) is 1.99. The molecular formula is C16H27NO. The second kappa shape index (κ2) is 9.12. The molecule has 0 spiro atoms. The van der Waals surface area contributed by atoms with Gasteiger partial charge in [0.2, 0.25) is 0 Å². The quantitative estimate of drug-likeness (QED) is 0.677. The number of hydrogen-bond acceptors (Lipinski definition) is 2. The number of benzene rings is 1. The molecule has 1 rings (SSSR count). The first-order valence-corrected chi connectivity index (χ1v) is 7.03. The van der Waals surface area contributed by atoms with E-state index in [4.69, 9.17) is 4.74 Å². The van der Waals surface area contributed by atoms with Gasteiger partial charge in [0.15, 0.2) is 0 Å². The molecule has 0 bridgehead atoms. The molecule has 0 aromatic heterocycles. The van der Waals surface area contributed by atoms with Crippen LogP contribution in [-0.2, 0) is 17.8 Å². The van der Waals surface area contributed by atoms with E-state index in [1.165, 1.54) is 17.5 Å². The van der Waals surface area contributed by atoms with E-state index >= 15 is 0 Å². The number of likely N-dealkylation sites (N-methyl/N-ethyl adjacent to an activating group) is 1. The van der Waals surface area contributed by atoms with Crippen molar-refractivity contribution in [3.63, 3.8) is 0 Å². The normalized spacial score (nSPS) is 11.1. The molecule has 0 atom stereocenters. The van der Waals surface area contributed by atoms with Gasteiger partial charge in [-0.1, -0.05) is 38.1 Å². The molecule has 1 aromatic rings. The van der Waals surface area contributed by atoms with Crippen LogP contribution in [-0.4, -0.2) is 20.2 Å². The maximum atomic E-state index is 5.77. The second-order valence-electron chi connectivity index (χ2n) is 5.21. The molecule has 102 valence electrons. The molecule has 18 heavy (non-hydrogen) atoms. The molecular weight excluding hydrogens is 222 g/mol. The lowest BCUT2D eigenvalue weighted by molar-refractivity contribution is 0.114. The van der Waals surface area contributed by atoms with E-state index in [0.717, 1.165) is 38.5 Å². The number of ether oxygens (including phenoxy) is 1. The zero-order valence-electron chi connectivity index (χ0n) is 12.0. The van der Waals surface area contributed by atoms with Gasteiger partial charge in [-0.15, -0.1) is 0 Å². The summed E-state index contributed by atoms with van der Waals surface area (Å²) in [5.41, 5.74) is 2.73. The van der Waals surface area contributed by atoms with Gasteiger partial charge >= 0.3 is 0 Å². The molecule has 1 aromatic carbocycles. The lowest BCUT2D eigenvalue weighted by Crippen LogP contribution is -2.11. The number of rotatable bonds is 9. The van der Waals surface area contributed by atoms with Crippen LogP contribution in [0.5, 0.6) is 0 Å². The van der Waals surface area contributed by atoms with Crippen molar-refractivity contribution in [2.24, 2.45) is 5.92 Å². The molecule has 2 heteroatoms. The Labute approximate surface area is 112 Å². The Balaban J connectivity index is 2.32. The predicted molar refractivity (Wildman–Crippen MR) is 77.8 cm³/mol. The van der Waals surface area contributed by atoms with Crippen LogP contribution in [0.1, 0.15) is 37.8 Å². The van der Waals surface area contributed by atoms with Crippen molar-refractivity contribution < 1.29 is 4.74 Å². The van der Waals surface area contributed by atoms with Gasteiger partial charge < -0.3 is 10.1 Å². The SMILES string of the molecule is CNCCc1ccccc1COCCCC(C)C. The van der Waals surface area contributed by atoms with Crippen molar-refractivity contribution in [1.82, 2.24) is 5.32 Å². The largest absolute Gasteiger partial charge is 0.377 e. The lowest BCUT2D eigenvalue weighted by Gasteiger charge is -2.10. The zero-order valence-corrected chi connectivity index (χ0v) is 12.0. The smallest absolute Gasteiger partial charge is 0.0719 e. The fourth-order valence-corrected chi connectivity index (χ4v) is 1.98. The van der Waals surface area contributed by atoms with Crippen LogP contribution in [0.4, 0.5) is 0 Å². The Morgan fingerprint density at radius 3 is 2.56 bits per heavy atom. The first-order chi connectivity index (χ1) is 8.74. The van der Waals surface area contributed by atoms with E-state index < -0.39 is 0 Å². The van der Waals surface area contributed by atoms with E-state index in [0.29, 0.717) is 0 Å². The highest BCUT2D eigenvalue weighted by Crippen LogP contribution is 2.11. The lowest BCUT2D eigenvalue weighted by atomic mass is 10.1. The molecule has 0 radical (unpaired) electrons. The molecule has 0 amide bonds. The summed E-state index contributed by atoms with van der Waals surface area (Å²) < 4.78 is 5.77. The third-order valence-corrected chi connectivity index (χ3v) is 3.09. The first kappa shape index (κ1) is 15.2. The number of nitrogens with one attached hydrogen (secondary N) is 1. The summed E-state index contributed by atoms with van der Waals surface area (Å²) in [6.45, 7) is 7.15. The highest BCUT2D eigenvalue weighted by atomic mass is 16.5. The van der Waals surface area contributed by atoms with Crippen LogP contribution in [0.25, 0.3) is 0 Å². The van der Waals surface area contributed by atoms with Gasteiger partial charge in [0.25, 0.3) is 0 Å². The maximum absolute atomic E-state index is 5.77. The fraction of sp³-hybridized carbons (Fsp3) is 0.625. The summed E-state index contributed by atoms with van der Waals surface area (Å²) >= 11 is 0. The molecule has 0 aliphatic heterocycles. The molecule has 0 saturated heterocycles. The maximum Gasteiger partial charge on any atom is 0.0719 e. The van der Waals surface area contributed by atoms with Crippen molar-refractivity contribution in [2.45, 2.75) is 39.7 Å². The van der Waals surface area contributed by atoms with Gasteiger partial charge in [-0.3, -0.25) is 0 Å². The van der Waals surface area contributed by atoms with Gasteiger partial charge in [0, 0.05) is 6.61 Å². The highest BCUT2D eigenvalue weighted by Gasteiger charge is 2.01.